The van der Waals surface area contributed by atoms with Crippen LogP contribution in [0.4, 0.5) is 0 Å². The minimum absolute atomic E-state index is 0.0649. The summed E-state index contributed by atoms with van der Waals surface area (Å²) in [4.78, 5) is 21.8. The summed E-state index contributed by atoms with van der Waals surface area (Å²) >= 11 is 0. The van der Waals surface area contributed by atoms with Gasteiger partial charge in [0.25, 0.3) is 0 Å². The van der Waals surface area contributed by atoms with E-state index in [4.69, 9.17) is 9.47 Å². The predicted molar refractivity (Wildman–Crippen MR) is 138 cm³/mol. The normalized spacial score (nSPS) is 13.9. The highest BCUT2D eigenvalue weighted by Crippen LogP contribution is 2.32. The van der Waals surface area contributed by atoms with Gasteiger partial charge in [0.15, 0.2) is 5.78 Å². The Morgan fingerprint density at radius 1 is 1.15 bits per heavy atom. The Bertz CT molecular complexity index is 763. The van der Waals surface area contributed by atoms with Crippen molar-refractivity contribution in [3.63, 3.8) is 0 Å². The van der Waals surface area contributed by atoms with Gasteiger partial charge in [-0.05, 0) is 77.7 Å². The van der Waals surface area contributed by atoms with Crippen molar-refractivity contribution in [2.45, 2.75) is 106 Å². The molecule has 0 saturated carbocycles. The molecule has 0 aliphatic rings. The lowest BCUT2D eigenvalue weighted by Gasteiger charge is -2.26. The molecule has 0 unspecified atom stereocenters. The van der Waals surface area contributed by atoms with Gasteiger partial charge in [-0.2, -0.15) is 0 Å². The highest BCUT2D eigenvalue weighted by molar-refractivity contribution is 5.94. The van der Waals surface area contributed by atoms with Crippen molar-refractivity contribution in [1.82, 2.24) is 9.97 Å². The van der Waals surface area contributed by atoms with Crippen molar-refractivity contribution < 1.29 is 14.3 Å². The Kier molecular flexibility index (Phi) is 12.5. The van der Waals surface area contributed by atoms with Crippen LogP contribution in [0.5, 0.6) is 0 Å². The van der Waals surface area contributed by atoms with Crippen LogP contribution in [0, 0.1) is 18.3 Å². The third-order valence-electron chi connectivity index (χ3n) is 6.44. The molecule has 33 heavy (non-hydrogen) atoms. The van der Waals surface area contributed by atoms with E-state index in [2.05, 4.69) is 64.5 Å². The lowest BCUT2D eigenvalue weighted by Crippen LogP contribution is -2.23. The number of aryl methyl sites for hydroxylation is 1. The number of nitrogens with zero attached hydrogens (tertiary/aromatic N) is 2. The summed E-state index contributed by atoms with van der Waals surface area (Å²) < 4.78 is 11.1. The maximum absolute atomic E-state index is 12.7. The molecule has 0 aliphatic heterocycles. The van der Waals surface area contributed by atoms with E-state index in [1.54, 1.807) is 13.3 Å². The molecule has 1 heterocycles. The van der Waals surface area contributed by atoms with Crippen molar-refractivity contribution in [3.8, 4) is 0 Å². The Hall–Kier alpha value is -1.59. The van der Waals surface area contributed by atoms with Crippen molar-refractivity contribution in [2.75, 3.05) is 20.3 Å². The molecule has 5 nitrogen and oxygen atoms in total. The number of Topliss-reactive ketones (excluding diaryl/α,β-unsaturated/α-hetero) is 1. The first kappa shape index (κ1) is 29.4. The fraction of sp³-hybridized carbons (Fsp3) is 0.750. The first-order valence-electron chi connectivity index (χ1n) is 12.6. The number of carbonyl (C=O) groups is 1. The molecular formula is C28H48N2O3. The number of allylic oxidation sites excluding steroid dienone is 1. The number of hydrogen-bond donors (Lipinski definition) is 0. The number of carbonyl (C=O) groups excluding carboxylic acids is 1. The molecule has 0 spiro atoms. The summed E-state index contributed by atoms with van der Waals surface area (Å²) in [7, 11) is 1.74. The van der Waals surface area contributed by atoms with Crippen LogP contribution < -0.4 is 0 Å². The third-order valence-corrected chi connectivity index (χ3v) is 6.44. The lowest BCUT2D eigenvalue weighted by atomic mass is 9.80. The van der Waals surface area contributed by atoms with E-state index in [1.807, 2.05) is 6.92 Å². The van der Waals surface area contributed by atoms with E-state index in [9.17, 15) is 4.79 Å². The molecule has 0 fully saturated rings. The summed E-state index contributed by atoms with van der Waals surface area (Å²) in [5, 5.41) is 0. The second kappa shape index (κ2) is 14.0. The maximum atomic E-state index is 12.7. The predicted octanol–water partition coefficient (Wildman–Crippen LogP) is 7.23. The Balaban J connectivity index is 2.61. The van der Waals surface area contributed by atoms with Crippen molar-refractivity contribution >= 4 is 11.9 Å². The van der Waals surface area contributed by atoms with Gasteiger partial charge in [-0.25, -0.2) is 4.98 Å². The number of aromatic nitrogens is 2. The zero-order valence-electron chi connectivity index (χ0n) is 22.7. The van der Waals surface area contributed by atoms with E-state index in [0.717, 1.165) is 63.1 Å². The van der Waals surface area contributed by atoms with E-state index >= 15 is 0 Å². The number of methoxy groups -OCH3 is 1. The highest BCUT2D eigenvalue weighted by atomic mass is 16.5. The van der Waals surface area contributed by atoms with Crippen LogP contribution in [0.25, 0.3) is 6.08 Å². The SMILES string of the molecule is CC[C@H](CCCCC(=O)c1cnc(/C=C(\C)C(C)(C)CCCOC)c(C)n1)COC(C)(C)C. The summed E-state index contributed by atoms with van der Waals surface area (Å²) in [6, 6.07) is 0. The number of rotatable bonds is 15. The van der Waals surface area contributed by atoms with Crippen LogP contribution in [0.1, 0.15) is 115 Å². The molecule has 1 atom stereocenters. The zero-order chi connectivity index (χ0) is 25.1. The van der Waals surface area contributed by atoms with E-state index in [0.29, 0.717) is 18.0 Å². The largest absolute Gasteiger partial charge is 0.385 e. The molecule has 0 aliphatic carbocycles. The highest BCUT2D eigenvalue weighted by Gasteiger charge is 2.20. The summed E-state index contributed by atoms with van der Waals surface area (Å²) in [6.07, 6.45) is 10.4. The van der Waals surface area contributed by atoms with Gasteiger partial charge in [0.1, 0.15) is 5.69 Å². The zero-order valence-corrected chi connectivity index (χ0v) is 22.7. The molecule has 0 amide bonds. The van der Waals surface area contributed by atoms with Crippen LogP contribution in [-0.4, -0.2) is 41.7 Å². The molecule has 188 valence electrons. The number of hydrogen-bond acceptors (Lipinski definition) is 5. The molecule has 1 rings (SSSR count). The van der Waals surface area contributed by atoms with Gasteiger partial charge < -0.3 is 9.47 Å². The van der Waals surface area contributed by atoms with Crippen molar-refractivity contribution in [3.05, 3.63) is 28.9 Å². The van der Waals surface area contributed by atoms with Gasteiger partial charge in [-0.15, -0.1) is 0 Å². The first-order valence-corrected chi connectivity index (χ1v) is 12.6. The van der Waals surface area contributed by atoms with Gasteiger partial charge in [0.2, 0.25) is 0 Å². The van der Waals surface area contributed by atoms with Gasteiger partial charge in [0.05, 0.1) is 29.8 Å². The van der Waals surface area contributed by atoms with E-state index < -0.39 is 0 Å². The quantitative estimate of drug-likeness (QED) is 0.204. The third kappa shape index (κ3) is 11.4. The Morgan fingerprint density at radius 3 is 2.42 bits per heavy atom. The van der Waals surface area contributed by atoms with Gasteiger partial charge >= 0.3 is 0 Å². The van der Waals surface area contributed by atoms with Crippen LogP contribution in [-0.2, 0) is 9.47 Å². The first-order chi connectivity index (χ1) is 15.4. The second-order valence-corrected chi connectivity index (χ2v) is 10.9. The second-order valence-electron chi connectivity index (χ2n) is 10.9. The molecule has 5 heteroatoms. The van der Waals surface area contributed by atoms with Crippen LogP contribution in [0.15, 0.2) is 11.8 Å². The molecule has 0 radical (unpaired) electrons. The molecule has 0 bridgehead atoms. The van der Waals surface area contributed by atoms with Crippen molar-refractivity contribution in [2.24, 2.45) is 11.3 Å². The molecular weight excluding hydrogens is 412 g/mol. The van der Waals surface area contributed by atoms with E-state index in [-0.39, 0.29) is 16.8 Å². The summed E-state index contributed by atoms with van der Waals surface area (Å²) in [6.45, 7) is 18.6. The standard InChI is InChI=1S/C28H48N2O3/c1-10-23(20-33-27(4,5)6)14-11-12-15-26(31)25-19-29-24(22(3)30-25)18-21(2)28(7,8)16-13-17-32-9/h18-19,23H,10-17,20H2,1-9H3/b21-18+/t23-/m1/s1. The molecule has 0 saturated heterocycles. The number of unbranched alkanes of at least 4 members (excludes halogenated alkanes) is 1. The molecule has 0 aromatic carbocycles. The van der Waals surface area contributed by atoms with E-state index in [1.165, 1.54) is 5.57 Å². The lowest BCUT2D eigenvalue weighted by molar-refractivity contribution is -0.0243. The maximum Gasteiger partial charge on any atom is 0.182 e. The molecule has 1 aromatic heterocycles. The minimum atomic E-state index is -0.0976. The smallest absolute Gasteiger partial charge is 0.182 e. The number of ether oxygens (including phenoxy) is 2. The summed E-state index contributed by atoms with van der Waals surface area (Å²) in [5.41, 5.74) is 3.35. The van der Waals surface area contributed by atoms with Crippen LogP contribution in [0.2, 0.25) is 0 Å². The fourth-order valence-corrected chi connectivity index (χ4v) is 3.64. The average molecular weight is 461 g/mol. The fourth-order valence-electron chi connectivity index (χ4n) is 3.64. The van der Waals surface area contributed by atoms with Gasteiger partial charge in [-0.3, -0.25) is 9.78 Å². The molecule has 0 N–H and O–H groups in total. The Morgan fingerprint density at radius 2 is 1.85 bits per heavy atom. The topological polar surface area (TPSA) is 61.3 Å². The summed E-state index contributed by atoms with van der Waals surface area (Å²) in [5.74, 6) is 0.631. The van der Waals surface area contributed by atoms with Crippen molar-refractivity contribution in [1.29, 1.82) is 0 Å². The molecule has 1 aromatic rings. The van der Waals surface area contributed by atoms with Crippen LogP contribution in [0.3, 0.4) is 0 Å². The number of ketones is 1. The average Bonchev–Trinajstić information content (AvgIpc) is 2.73. The Labute approximate surface area is 202 Å². The van der Waals surface area contributed by atoms with Gasteiger partial charge in [0, 0.05) is 20.1 Å². The van der Waals surface area contributed by atoms with Crippen LogP contribution >= 0.6 is 0 Å². The van der Waals surface area contributed by atoms with Gasteiger partial charge in [-0.1, -0.05) is 39.2 Å². The minimum Gasteiger partial charge on any atom is -0.385 e. The monoisotopic (exact) mass is 460 g/mol.